The molecule has 0 aromatic rings. The zero-order chi connectivity index (χ0) is 13.8. The van der Waals surface area contributed by atoms with Crippen molar-refractivity contribution in [2.24, 2.45) is 17.1 Å². The van der Waals surface area contributed by atoms with E-state index < -0.39 is 0 Å². The Morgan fingerprint density at radius 1 is 1.50 bits per heavy atom. The molecule has 0 radical (unpaired) electrons. The molecule has 0 saturated carbocycles. The molecule has 1 aliphatic rings. The molecule has 1 aliphatic heterocycles. The van der Waals surface area contributed by atoms with E-state index in [2.05, 4.69) is 13.8 Å². The van der Waals surface area contributed by atoms with Crippen LogP contribution in [0.2, 0.25) is 0 Å². The summed E-state index contributed by atoms with van der Waals surface area (Å²) < 4.78 is 0. The number of likely N-dealkylation sites (tertiary alicyclic amines) is 1. The van der Waals surface area contributed by atoms with Gasteiger partial charge in [0.15, 0.2) is 0 Å². The lowest BCUT2D eigenvalue weighted by molar-refractivity contribution is -0.131. The second-order valence-corrected chi connectivity index (χ2v) is 6.33. The second kappa shape index (κ2) is 6.53. The first-order chi connectivity index (χ1) is 8.35. The Balaban J connectivity index is 2.34. The van der Waals surface area contributed by atoms with Gasteiger partial charge in [-0.2, -0.15) is 0 Å². The highest BCUT2D eigenvalue weighted by atomic mass is 16.3. The molecule has 1 amide bonds. The Morgan fingerprint density at radius 3 is 2.67 bits per heavy atom. The monoisotopic (exact) mass is 256 g/mol. The molecule has 3 N–H and O–H groups in total. The number of hydrogen-bond acceptors (Lipinski definition) is 3. The topological polar surface area (TPSA) is 66.6 Å². The minimum atomic E-state index is -0.309. The largest absolute Gasteiger partial charge is 0.393 e. The van der Waals surface area contributed by atoms with Gasteiger partial charge in [-0.1, -0.05) is 13.8 Å². The van der Waals surface area contributed by atoms with Gasteiger partial charge in [0.2, 0.25) is 5.91 Å². The van der Waals surface area contributed by atoms with E-state index in [0.29, 0.717) is 19.5 Å². The first-order valence-electron chi connectivity index (χ1n) is 7.01. The fourth-order valence-corrected chi connectivity index (χ4v) is 2.53. The number of rotatable bonds is 6. The molecule has 1 saturated heterocycles. The van der Waals surface area contributed by atoms with Gasteiger partial charge in [0.1, 0.15) is 0 Å². The molecular formula is C14H28N2O2. The minimum absolute atomic E-state index is 0.147. The predicted octanol–water partition coefficient (Wildman–Crippen LogP) is 1.37. The van der Waals surface area contributed by atoms with Crippen LogP contribution in [-0.2, 0) is 4.79 Å². The maximum Gasteiger partial charge on any atom is 0.222 e. The minimum Gasteiger partial charge on any atom is -0.393 e. The number of nitrogens with two attached hydrogens (primary N) is 1. The zero-order valence-electron chi connectivity index (χ0n) is 12.0. The normalized spacial score (nSPS) is 22.3. The summed E-state index contributed by atoms with van der Waals surface area (Å²) in [6.45, 7) is 8.32. The highest BCUT2D eigenvalue weighted by molar-refractivity contribution is 5.76. The van der Waals surface area contributed by atoms with Crippen molar-refractivity contribution in [2.75, 3.05) is 19.6 Å². The fraction of sp³-hybridized carbons (Fsp3) is 0.929. The Hall–Kier alpha value is -0.610. The Bertz CT molecular complexity index is 277. The molecule has 4 heteroatoms. The Kier molecular flexibility index (Phi) is 5.60. The summed E-state index contributed by atoms with van der Waals surface area (Å²) in [6, 6.07) is 0. The van der Waals surface area contributed by atoms with Gasteiger partial charge in [-0.15, -0.1) is 0 Å². The Morgan fingerprint density at radius 2 is 2.17 bits per heavy atom. The van der Waals surface area contributed by atoms with E-state index >= 15 is 0 Å². The lowest BCUT2D eigenvalue weighted by Crippen LogP contribution is -2.31. The molecule has 2 unspecified atom stereocenters. The van der Waals surface area contributed by atoms with Crippen LogP contribution in [0.4, 0.5) is 0 Å². The van der Waals surface area contributed by atoms with Gasteiger partial charge in [-0.05, 0) is 38.1 Å². The first-order valence-corrected chi connectivity index (χ1v) is 7.01. The summed E-state index contributed by atoms with van der Waals surface area (Å²) in [6.07, 6.45) is 3.06. The number of carbonyl (C=O) groups is 1. The average molecular weight is 256 g/mol. The molecule has 1 heterocycles. The van der Waals surface area contributed by atoms with Crippen molar-refractivity contribution in [1.82, 2.24) is 4.90 Å². The highest BCUT2D eigenvalue weighted by Gasteiger charge is 2.29. The number of aliphatic hydroxyl groups excluding tert-OH is 1. The van der Waals surface area contributed by atoms with Gasteiger partial charge in [0.05, 0.1) is 6.10 Å². The fourth-order valence-electron chi connectivity index (χ4n) is 2.53. The molecule has 1 fully saturated rings. The molecule has 1 rings (SSSR count). The summed E-state index contributed by atoms with van der Waals surface area (Å²) in [5.41, 5.74) is 5.72. The number of hydrogen-bond donors (Lipinski definition) is 2. The average Bonchev–Trinajstić information content (AvgIpc) is 2.75. The van der Waals surface area contributed by atoms with Gasteiger partial charge in [0.25, 0.3) is 0 Å². The summed E-state index contributed by atoms with van der Waals surface area (Å²) in [7, 11) is 0. The van der Waals surface area contributed by atoms with E-state index in [1.165, 1.54) is 0 Å². The summed E-state index contributed by atoms with van der Waals surface area (Å²) in [5, 5.41) is 9.53. The maximum atomic E-state index is 12.1. The van der Waals surface area contributed by atoms with Crippen LogP contribution in [-0.4, -0.2) is 41.7 Å². The third-order valence-corrected chi connectivity index (χ3v) is 4.10. The van der Waals surface area contributed by atoms with Crippen LogP contribution in [0.1, 0.15) is 46.5 Å². The van der Waals surface area contributed by atoms with Crippen molar-refractivity contribution < 1.29 is 9.90 Å². The Labute approximate surface area is 111 Å². The third-order valence-electron chi connectivity index (χ3n) is 4.10. The van der Waals surface area contributed by atoms with Crippen LogP contribution in [0.3, 0.4) is 0 Å². The molecule has 18 heavy (non-hydrogen) atoms. The summed E-state index contributed by atoms with van der Waals surface area (Å²) in [5.74, 6) is 0.481. The van der Waals surface area contributed by atoms with E-state index in [1.54, 1.807) is 0 Å². The molecule has 4 nitrogen and oxygen atoms in total. The van der Waals surface area contributed by atoms with Gasteiger partial charge >= 0.3 is 0 Å². The number of aliphatic hydroxyl groups is 1. The van der Waals surface area contributed by atoms with E-state index in [-0.39, 0.29) is 23.3 Å². The molecule has 0 bridgehead atoms. The van der Waals surface area contributed by atoms with E-state index in [9.17, 15) is 9.90 Å². The van der Waals surface area contributed by atoms with Crippen LogP contribution in [0, 0.1) is 11.3 Å². The van der Waals surface area contributed by atoms with Crippen LogP contribution in [0.15, 0.2) is 0 Å². The van der Waals surface area contributed by atoms with Gasteiger partial charge < -0.3 is 15.7 Å². The number of nitrogens with zero attached hydrogens (tertiary/aromatic N) is 1. The molecule has 2 atom stereocenters. The highest BCUT2D eigenvalue weighted by Crippen LogP contribution is 2.27. The lowest BCUT2D eigenvalue weighted by atomic mass is 9.84. The lowest BCUT2D eigenvalue weighted by Gasteiger charge is -2.25. The second-order valence-electron chi connectivity index (χ2n) is 6.33. The standard InChI is InChI=1S/C14H28N2O2/c1-11(17)12-5-9-16(10-12)13(18)4-6-14(2,3)7-8-15/h11-12,17H,4-10,15H2,1-3H3. The quantitative estimate of drug-likeness (QED) is 0.754. The SMILES string of the molecule is CC(O)C1CCN(C(=O)CCC(C)(C)CCN)C1. The van der Waals surface area contributed by atoms with E-state index in [4.69, 9.17) is 5.73 Å². The van der Waals surface area contributed by atoms with Crippen molar-refractivity contribution in [3.8, 4) is 0 Å². The van der Waals surface area contributed by atoms with Crippen molar-refractivity contribution in [3.05, 3.63) is 0 Å². The van der Waals surface area contributed by atoms with E-state index in [0.717, 1.165) is 25.8 Å². The van der Waals surface area contributed by atoms with Gasteiger partial charge in [-0.25, -0.2) is 0 Å². The van der Waals surface area contributed by atoms with Crippen molar-refractivity contribution in [2.45, 2.75) is 52.6 Å². The van der Waals surface area contributed by atoms with Crippen LogP contribution in [0.25, 0.3) is 0 Å². The summed E-state index contributed by atoms with van der Waals surface area (Å²) in [4.78, 5) is 14.0. The van der Waals surface area contributed by atoms with Crippen molar-refractivity contribution in [3.63, 3.8) is 0 Å². The molecule has 0 aromatic heterocycles. The maximum absolute atomic E-state index is 12.1. The van der Waals surface area contributed by atoms with Crippen molar-refractivity contribution in [1.29, 1.82) is 0 Å². The predicted molar refractivity (Wildman–Crippen MR) is 73.1 cm³/mol. The van der Waals surface area contributed by atoms with Gasteiger partial charge in [-0.3, -0.25) is 4.79 Å². The molecule has 0 aromatic carbocycles. The molecule has 0 aliphatic carbocycles. The molecule has 106 valence electrons. The van der Waals surface area contributed by atoms with Gasteiger partial charge in [0, 0.05) is 25.4 Å². The van der Waals surface area contributed by atoms with E-state index in [1.807, 2.05) is 11.8 Å². The van der Waals surface area contributed by atoms with Crippen LogP contribution >= 0.6 is 0 Å². The van der Waals surface area contributed by atoms with Crippen molar-refractivity contribution >= 4 is 5.91 Å². The van der Waals surface area contributed by atoms with Crippen LogP contribution in [0.5, 0.6) is 0 Å². The number of amides is 1. The third kappa shape index (κ3) is 4.58. The first kappa shape index (κ1) is 15.4. The number of carbonyl (C=O) groups excluding carboxylic acids is 1. The zero-order valence-corrected chi connectivity index (χ0v) is 12.0. The van der Waals surface area contributed by atoms with Crippen LogP contribution < -0.4 is 5.73 Å². The summed E-state index contributed by atoms with van der Waals surface area (Å²) >= 11 is 0. The smallest absolute Gasteiger partial charge is 0.222 e. The molecular weight excluding hydrogens is 228 g/mol. The molecule has 0 spiro atoms.